The summed E-state index contributed by atoms with van der Waals surface area (Å²) in [6.07, 6.45) is 5.70. The van der Waals surface area contributed by atoms with Gasteiger partial charge in [0.2, 0.25) is 5.91 Å². The number of amides is 3. The first-order chi connectivity index (χ1) is 16.4. The van der Waals surface area contributed by atoms with Crippen molar-refractivity contribution in [2.45, 2.75) is 58.9 Å². The molecule has 7 heteroatoms. The number of nitrogens with zero attached hydrogens (tertiary/aromatic N) is 1. The molecule has 0 heterocycles. The molecule has 2 aromatic rings. The molecule has 2 aromatic carbocycles. The first kappa shape index (κ1) is 25.3. The van der Waals surface area contributed by atoms with Gasteiger partial charge in [-0.2, -0.15) is 0 Å². The predicted octanol–water partition coefficient (Wildman–Crippen LogP) is 4.59. The van der Waals surface area contributed by atoms with E-state index in [0.717, 1.165) is 24.1 Å². The van der Waals surface area contributed by atoms with Crippen molar-refractivity contribution in [2.75, 3.05) is 30.3 Å². The zero-order valence-corrected chi connectivity index (χ0v) is 20.4. The lowest BCUT2D eigenvalue weighted by atomic mass is 9.95. The molecule has 0 spiro atoms. The third kappa shape index (κ3) is 6.83. The highest BCUT2D eigenvalue weighted by atomic mass is 16.2. The van der Waals surface area contributed by atoms with Gasteiger partial charge in [0.05, 0.1) is 6.54 Å². The van der Waals surface area contributed by atoms with Crippen molar-refractivity contribution in [3.05, 3.63) is 59.2 Å². The summed E-state index contributed by atoms with van der Waals surface area (Å²) in [6.45, 7) is 7.23. The van der Waals surface area contributed by atoms with Crippen molar-refractivity contribution in [1.29, 1.82) is 0 Å². The Morgan fingerprint density at radius 3 is 2.18 bits per heavy atom. The lowest BCUT2D eigenvalue weighted by molar-refractivity contribution is -0.114. The molecule has 1 aliphatic rings. The fourth-order valence-electron chi connectivity index (χ4n) is 4.29. The molecule has 1 fully saturated rings. The lowest BCUT2D eigenvalue weighted by Crippen LogP contribution is -2.36. The van der Waals surface area contributed by atoms with E-state index in [1.165, 1.54) is 19.3 Å². The second kappa shape index (κ2) is 12.2. The van der Waals surface area contributed by atoms with E-state index in [1.54, 1.807) is 35.2 Å². The first-order valence-corrected chi connectivity index (χ1v) is 12.3. The molecule has 1 aliphatic carbocycles. The standard InChI is InChI=1S/C27H36N4O3/c1-4-31(5-2)27(34)20-11-14-23(15-12-20)29-25(32)18-28-24-16-13-21(17-19(24)3)26(33)30-22-9-7-6-8-10-22/h11-17,22,28H,4-10,18H2,1-3H3,(H,29,32)(H,30,33). The maximum Gasteiger partial charge on any atom is 0.253 e. The van der Waals surface area contributed by atoms with Crippen molar-refractivity contribution in [2.24, 2.45) is 0 Å². The highest BCUT2D eigenvalue weighted by Crippen LogP contribution is 2.20. The SMILES string of the molecule is CCN(CC)C(=O)c1ccc(NC(=O)CNc2ccc(C(=O)NC3CCCCC3)cc2C)cc1. The number of benzene rings is 2. The molecule has 34 heavy (non-hydrogen) atoms. The van der Waals surface area contributed by atoms with Crippen molar-refractivity contribution in [3.8, 4) is 0 Å². The molecule has 0 radical (unpaired) electrons. The average Bonchev–Trinajstić information content (AvgIpc) is 2.85. The number of rotatable bonds is 9. The molecule has 1 saturated carbocycles. The van der Waals surface area contributed by atoms with Gasteiger partial charge in [0.15, 0.2) is 0 Å². The molecule has 3 N–H and O–H groups in total. The number of hydrogen-bond donors (Lipinski definition) is 3. The van der Waals surface area contributed by atoms with Gasteiger partial charge < -0.3 is 20.9 Å². The molecule has 0 atom stereocenters. The van der Waals surface area contributed by atoms with Crippen LogP contribution in [0.15, 0.2) is 42.5 Å². The third-order valence-electron chi connectivity index (χ3n) is 6.33. The van der Waals surface area contributed by atoms with Gasteiger partial charge in [-0.15, -0.1) is 0 Å². The summed E-state index contributed by atoms with van der Waals surface area (Å²) < 4.78 is 0. The summed E-state index contributed by atoms with van der Waals surface area (Å²) in [6, 6.07) is 12.7. The van der Waals surface area contributed by atoms with E-state index in [4.69, 9.17) is 0 Å². The molecular formula is C27H36N4O3. The Morgan fingerprint density at radius 2 is 1.56 bits per heavy atom. The maximum absolute atomic E-state index is 12.6. The van der Waals surface area contributed by atoms with Crippen LogP contribution < -0.4 is 16.0 Å². The normalized spacial score (nSPS) is 13.7. The molecule has 0 aliphatic heterocycles. The Balaban J connectivity index is 1.50. The minimum absolute atomic E-state index is 0.0177. The van der Waals surface area contributed by atoms with E-state index in [9.17, 15) is 14.4 Å². The molecule has 182 valence electrons. The van der Waals surface area contributed by atoms with E-state index >= 15 is 0 Å². The lowest BCUT2D eigenvalue weighted by Gasteiger charge is -2.23. The average molecular weight is 465 g/mol. The van der Waals surface area contributed by atoms with Crippen LogP contribution in [0.5, 0.6) is 0 Å². The quantitative estimate of drug-likeness (QED) is 0.506. The van der Waals surface area contributed by atoms with Crippen molar-refractivity contribution < 1.29 is 14.4 Å². The third-order valence-corrected chi connectivity index (χ3v) is 6.33. The summed E-state index contributed by atoms with van der Waals surface area (Å²) in [4.78, 5) is 39.1. The topological polar surface area (TPSA) is 90.5 Å². The van der Waals surface area contributed by atoms with Gasteiger partial charge in [-0.1, -0.05) is 19.3 Å². The van der Waals surface area contributed by atoms with Gasteiger partial charge in [0.1, 0.15) is 0 Å². The van der Waals surface area contributed by atoms with E-state index in [-0.39, 0.29) is 30.3 Å². The first-order valence-electron chi connectivity index (χ1n) is 12.3. The number of hydrogen-bond acceptors (Lipinski definition) is 4. The minimum atomic E-state index is -0.193. The van der Waals surface area contributed by atoms with Gasteiger partial charge >= 0.3 is 0 Å². The number of anilines is 2. The van der Waals surface area contributed by atoms with Crippen LogP contribution in [-0.4, -0.2) is 48.3 Å². The van der Waals surface area contributed by atoms with Crippen LogP contribution in [0.3, 0.4) is 0 Å². The van der Waals surface area contributed by atoms with Gasteiger partial charge in [-0.25, -0.2) is 0 Å². The van der Waals surface area contributed by atoms with Gasteiger partial charge in [-0.05, 0) is 81.6 Å². The van der Waals surface area contributed by atoms with Gasteiger partial charge in [0.25, 0.3) is 11.8 Å². The molecule has 0 bridgehead atoms. The molecule has 3 amide bonds. The highest BCUT2D eigenvalue weighted by molar-refractivity contribution is 5.97. The fourth-order valence-corrected chi connectivity index (χ4v) is 4.29. The van der Waals surface area contributed by atoms with Crippen LogP contribution in [-0.2, 0) is 4.79 Å². The number of aryl methyl sites for hydroxylation is 1. The summed E-state index contributed by atoms with van der Waals surface area (Å²) in [5, 5.41) is 9.11. The van der Waals surface area contributed by atoms with E-state index < -0.39 is 0 Å². The molecular weight excluding hydrogens is 428 g/mol. The van der Waals surface area contributed by atoms with Crippen LogP contribution in [0.2, 0.25) is 0 Å². The van der Waals surface area contributed by atoms with Crippen LogP contribution in [0, 0.1) is 6.92 Å². The summed E-state index contributed by atoms with van der Waals surface area (Å²) in [5.41, 5.74) is 3.59. The van der Waals surface area contributed by atoms with E-state index in [0.29, 0.717) is 29.9 Å². The molecule has 0 unspecified atom stereocenters. The molecule has 3 rings (SSSR count). The Labute approximate surface area is 202 Å². The second-order valence-electron chi connectivity index (χ2n) is 8.79. The van der Waals surface area contributed by atoms with Gasteiger partial charge in [0, 0.05) is 41.6 Å². The summed E-state index contributed by atoms with van der Waals surface area (Å²) >= 11 is 0. The monoisotopic (exact) mass is 464 g/mol. The van der Waals surface area contributed by atoms with Crippen LogP contribution in [0.1, 0.15) is 72.2 Å². The Hall–Kier alpha value is -3.35. The Kier molecular flexibility index (Phi) is 9.08. The predicted molar refractivity (Wildman–Crippen MR) is 136 cm³/mol. The number of carbonyl (C=O) groups excluding carboxylic acids is 3. The Morgan fingerprint density at radius 1 is 0.912 bits per heavy atom. The summed E-state index contributed by atoms with van der Waals surface area (Å²) in [5.74, 6) is -0.251. The second-order valence-corrected chi connectivity index (χ2v) is 8.79. The smallest absolute Gasteiger partial charge is 0.253 e. The highest BCUT2D eigenvalue weighted by Gasteiger charge is 2.17. The largest absolute Gasteiger partial charge is 0.376 e. The van der Waals surface area contributed by atoms with E-state index in [1.807, 2.05) is 32.9 Å². The molecule has 0 saturated heterocycles. The zero-order chi connectivity index (χ0) is 24.5. The molecule has 7 nitrogen and oxygen atoms in total. The number of nitrogens with one attached hydrogen (secondary N) is 3. The van der Waals surface area contributed by atoms with Crippen molar-refractivity contribution >= 4 is 29.1 Å². The fraction of sp³-hybridized carbons (Fsp3) is 0.444. The van der Waals surface area contributed by atoms with Crippen LogP contribution >= 0.6 is 0 Å². The van der Waals surface area contributed by atoms with E-state index in [2.05, 4.69) is 16.0 Å². The molecule has 0 aromatic heterocycles. The van der Waals surface area contributed by atoms with Crippen LogP contribution in [0.25, 0.3) is 0 Å². The minimum Gasteiger partial charge on any atom is -0.376 e. The number of carbonyl (C=O) groups is 3. The van der Waals surface area contributed by atoms with Crippen molar-refractivity contribution in [3.63, 3.8) is 0 Å². The summed E-state index contributed by atoms with van der Waals surface area (Å²) in [7, 11) is 0. The van der Waals surface area contributed by atoms with Crippen LogP contribution in [0.4, 0.5) is 11.4 Å². The zero-order valence-electron chi connectivity index (χ0n) is 20.4. The Bertz CT molecular complexity index is 993. The van der Waals surface area contributed by atoms with Crippen molar-refractivity contribution in [1.82, 2.24) is 10.2 Å². The maximum atomic E-state index is 12.6. The van der Waals surface area contributed by atoms with Gasteiger partial charge in [-0.3, -0.25) is 14.4 Å².